The molecule has 2 aliphatic rings. The fourth-order valence-corrected chi connectivity index (χ4v) is 5.36. The lowest BCUT2D eigenvalue weighted by Gasteiger charge is -2.51. The SMILES string of the molecule is COCCN1CC(=O)N2C[C@H](c3ccccc3Cl)c3c([nH]c4ccccc34)[C@@]2(C)C1=O. The topological polar surface area (TPSA) is 65.6 Å². The molecule has 2 aromatic carbocycles. The fraction of sp³-hybridized carbons (Fsp3) is 0.333. The van der Waals surface area contributed by atoms with Crippen LogP contribution >= 0.6 is 11.6 Å². The van der Waals surface area contributed by atoms with Crippen LogP contribution in [0, 0.1) is 0 Å². The van der Waals surface area contributed by atoms with Crippen molar-refractivity contribution in [3.8, 4) is 0 Å². The number of para-hydroxylation sites is 1. The summed E-state index contributed by atoms with van der Waals surface area (Å²) < 4.78 is 5.16. The standard InChI is InChI=1S/C24H24ClN3O3/c1-24-22-21(16-8-4-6-10-19(16)26-22)17(15-7-3-5-9-18(15)25)13-28(24)20(29)14-27(23(24)30)11-12-31-2/h3-10,17,26H,11-14H2,1-2H3/t17-,24+/m1/s1. The zero-order valence-electron chi connectivity index (χ0n) is 17.5. The second-order valence-electron chi connectivity index (χ2n) is 8.33. The van der Waals surface area contributed by atoms with E-state index < -0.39 is 5.54 Å². The van der Waals surface area contributed by atoms with Crippen LogP contribution in [-0.4, -0.2) is 59.9 Å². The lowest BCUT2D eigenvalue weighted by molar-refractivity contribution is -0.166. The highest BCUT2D eigenvalue weighted by Crippen LogP contribution is 2.48. The van der Waals surface area contributed by atoms with Crippen LogP contribution < -0.4 is 0 Å². The van der Waals surface area contributed by atoms with Crippen molar-refractivity contribution in [1.82, 2.24) is 14.8 Å². The van der Waals surface area contributed by atoms with E-state index in [9.17, 15) is 9.59 Å². The molecule has 3 heterocycles. The minimum Gasteiger partial charge on any atom is -0.383 e. The molecule has 1 fully saturated rings. The van der Waals surface area contributed by atoms with Gasteiger partial charge in [-0.25, -0.2) is 0 Å². The summed E-state index contributed by atoms with van der Waals surface area (Å²) in [4.78, 5) is 33.8. The van der Waals surface area contributed by atoms with Gasteiger partial charge < -0.3 is 19.5 Å². The lowest BCUT2D eigenvalue weighted by atomic mass is 9.76. The van der Waals surface area contributed by atoms with E-state index in [0.29, 0.717) is 24.7 Å². The summed E-state index contributed by atoms with van der Waals surface area (Å²) >= 11 is 6.59. The number of nitrogens with one attached hydrogen (secondary N) is 1. The highest BCUT2D eigenvalue weighted by molar-refractivity contribution is 6.31. The quantitative estimate of drug-likeness (QED) is 0.679. The Morgan fingerprint density at radius 3 is 2.68 bits per heavy atom. The second-order valence-corrected chi connectivity index (χ2v) is 8.74. The van der Waals surface area contributed by atoms with Crippen LogP contribution in [0.1, 0.15) is 29.7 Å². The summed E-state index contributed by atoms with van der Waals surface area (Å²) in [7, 11) is 1.59. The lowest BCUT2D eigenvalue weighted by Crippen LogP contribution is -2.67. The maximum atomic E-state index is 13.7. The molecular formula is C24H24ClN3O3. The van der Waals surface area contributed by atoms with Gasteiger partial charge in [0, 0.05) is 42.0 Å². The number of piperazine rings is 1. The molecule has 3 aromatic rings. The third-order valence-electron chi connectivity index (χ3n) is 6.66. The van der Waals surface area contributed by atoms with Gasteiger partial charge in [0.15, 0.2) is 5.54 Å². The molecule has 0 aliphatic carbocycles. The van der Waals surface area contributed by atoms with Gasteiger partial charge in [-0.05, 0) is 30.2 Å². The molecule has 0 saturated carbocycles. The molecule has 160 valence electrons. The Bertz CT molecular complexity index is 1190. The van der Waals surface area contributed by atoms with Crippen molar-refractivity contribution in [3.05, 3.63) is 70.4 Å². The van der Waals surface area contributed by atoms with Crippen molar-refractivity contribution >= 4 is 34.3 Å². The molecule has 2 amide bonds. The van der Waals surface area contributed by atoms with Gasteiger partial charge in [-0.3, -0.25) is 9.59 Å². The number of carbonyl (C=O) groups excluding carboxylic acids is 2. The molecule has 7 heteroatoms. The predicted octanol–water partition coefficient (Wildman–Crippen LogP) is 3.50. The molecule has 0 unspecified atom stereocenters. The molecule has 5 rings (SSSR count). The Labute approximate surface area is 185 Å². The monoisotopic (exact) mass is 437 g/mol. The molecule has 2 aliphatic heterocycles. The molecule has 6 nitrogen and oxygen atoms in total. The van der Waals surface area contributed by atoms with Gasteiger partial charge in [0.05, 0.1) is 18.8 Å². The first-order valence-electron chi connectivity index (χ1n) is 10.4. The summed E-state index contributed by atoms with van der Waals surface area (Å²) in [5.74, 6) is -0.288. The summed E-state index contributed by atoms with van der Waals surface area (Å²) in [6, 6.07) is 15.8. The number of rotatable bonds is 4. The van der Waals surface area contributed by atoms with Crippen molar-refractivity contribution in [1.29, 1.82) is 0 Å². The summed E-state index contributed by atoms with van der Waals surface area (Å²) in [6.07, 6.45) is 0. The molecule has 1 saturated heterocycles. The molecule has 2 atom stereocenters. The minimum atomic E-state index is -1.10. The third kappa shape index (κ3) is 2.89. The number of hydrogen-bond acceptors (Lipinski definition) is 3. The van der Waals surface area contributed by atoms with E-state index in [2.05, 4.69) is 11.1 Å². The molecule has 1 aromatic heterocycles. The van der Waals surface area contributed by atoms with Crippen LogP contribution in [0.25, 0.3) is 10.9 Å². The van der Waals surface area contributed by atoms with Crippen molar-refractivity contribution in [2.45, 2.75) is 18.4 Å². The highest BCUT2D eigenvalue weighted by Gasteiger charge is 2.56. The van der Waals surface area contributed by atoms with E-state index in [-0.39, 0.29) is 24.3 Å². The van der Waals surface area contributed by atoms with Gasteiger partial charge in [0.25, 0.3) is 5.91 Å². The van der Waals surface area contributed by atoms with Crippen LogP contribution in [0.3, 0.4) is 0 Å². The Kier molecular flexibility index (Phi) is 4.79. The first-order chi connectivity index (χ1) is 15.0. The largest absolute Gasteiger partial charge is 0.383 e. The Balaban J connectivity index is 1.74. The molecule has 1 N–H and O–H groups in total. The number of hydrogen-bond donors (Lipinski definition) is 1. The number of aromatic amines is 1. The maximum absolute atomic E-state index is 13.7. The number of amides is 2. The number of halogens is 1. The van der Waals surface area contributed by atoms with Crippen molar-refractivity contribution in [3.63, 3.8) is 0 Å². The number of fused-ring (bicyclic) bond motifs is 5. The van der Waals surface area contributed by atoms with Crippen LogP contribution in [0.4, 0.5) is 0 Å². The molecule has 0 spiro atoms. The second kappa shape index (κ2) is 7.39. The Morgan fingerprint density at radius 2 is 1.90 bits per heavy atom. The minimum absolute atomic E-state index is 0.0581. The first kappa shape index (κ1) is 20.1. The van der Waals surface area contributed by atoms with Gasteiger partial charge in [0.2, 0.25) is 5.91 Å². The summed E-state index contributed by atoms with van der Waals surface area (Å²) in [5.41, 5.74) is 2.61. The zero-order valence-corrected chi connectivity index (χ0v) is 18.3. The van der Waals surface area contributed by atoms with Crippen LogP contribution in [-0.2, 0) is 19.9 Å². The third-order valence-corrected chi connectivity index (χ3v) is 7.01. The number of ether oxygens (including phenoxy) is 1. The van der Waals surface area contributed by atoms with Crippen molar-refractivity contribution in [2.75, 3.05) is 33.4 Å². The van der Waals surface area contributed by atoms with Gasteiger partial charge in [-0.15, -0.1) is 0 Å². The Morgan fingerprint density at radius 1 is 1.16 bits per heavy atom. The normalized spacial score (nSPS) is 23.3. The van der Waals surface area contributed by atoms with E-state index in [1.807, 2.05) is 49.4 Å². The van der Waals surface area contributed by atoms with Gasteiger partial charge in [-0.1, -0.05) is 48.0 Å². The smallest absolute Gasteiger partial charge is 0.255 e. The number of benzene rings is 2. The van der Waals surface area contributed by atoms with Crippen LogP contribution in [0.2, 0.25) is 5.02 Å². The fourth-order valence-electron chi connectivity index (χ4n) is 5.10. The summed E-state index contributed by atoms with van der Waals surface area (Å²) in [6.45, 7) is 3.08. The van der Waals surface area contributed by atoms with E-state index in [4.69, 9.17) is 16.3 Å². The van der Waals surface area contributed by atoms with E-state index in [1.165, 1.54) is 0 Å². The Hall–Kier alpha value is -2.83. The van der Waals surface area contributed by atoms with E-state index in [0.717, 1.165) is 27.7 Å². The van der Waals surface area contributed by atoms with Crippen molar-refractivity contribution in [2.24, 2.45) is 0 Å². The number of aromatic nitrogens is 1. The maximum Gasteiger partial charge on any atom is 0.255 e. The summed E-state index contributed by atoms with van der Waals surface area (Å²) in [5, 5.41) is 1.71. The van der Waals surface area contributed by atoms with Crippen molar-refractivity contribution < 1.29 is 14.3 Å². The van der Waals surface area contributed by atoms with Gasteiger partial charge in [-0.2, -0.15) is 0 Å². The molecule has 0 radical (unpaired) electrons. The molecule has 0 bridgehead atoms. The number of methoxy groups -OCH3 is 1. The molecular weight excluding hydrogens is 414 g/mol. The van der Waals surface area contributed by atoms with Gasteiger partial charge in [0.1, 0.15) is 0 Å². The number of carbonyl (C=O) groups is 2. The molecule has 31 heavy (non-hydrogen) atoms. The average molecular weight is 438 g/mol. The van der Waals surface area contributed by atoms with E-state index >= 15 is 0 Å². The van der Waals surface area contributed by atoms with Crippen LogP contribution in [0.5, 0.6) is 0 Å². The first-order valence-corrected chi connectivity index (χ1v) is 10.8. The average Bonchev–Trinajstić information content (AvgIpc) is 3.17. The number of nitrogens with zero attached hydrogens (tertiary/aromatic N) is 2. The predicted molar refractivity (Wildman–Crippen MR) is 119 cm³/mol. The number of H-pyrrole nitrogens is 1. The zero-order chi connectivity index (χ0) is 21.8. The van der Waals surface area contributed by atoms with Crippen LogP contribution in [0.15, 0.2) is 48.5 Å². The highest BCUT2D eigenvalue weighted by atomic mass is 35.5. The van der Waals surface area contributed by atoms with Gasteiger partial charge >= 0.3 is 0 Å². The van der Waals surface area contributed by atoms with E-state index in [1.54, 1.807) is 16.9 Å².